The molecule has 0 saturated heterocycles. The van der Waals surface area contributed by atoms with Crippen LogP contribution in [0, 0.1) is 16.7 Å². The summed E-state index contributed by atoms with van der Waals surface area (Å²) in [5, 5.41) is 18.4. The second-order valence-corrected chi connectivity index (χ2v) is 5.64. The normalized spacial score (nSPS) is 15.9. The minimum atomic E-state index is -0.340. The number of hydrogen-bond donors (Lipinski definition) is 2. The zero-order valence-corrected chi connectivity index (χ0v) is 9.59. The quantitative estimate of drug-likeness (QED) is 0.709. The van der Waals surface area contributed by atoms with Crippen molar-refractivity contribution in [3.8, 4) is 0 Å². The van der Waals surface area contributed by atoms with Crippen LogP contribution in [0.2, 0.25) is 0 Å². The van der Waals surface area contributed by atoms with E-state index in [1.54, 1.807) is 0 Å². The third-order valence-electron chi connectivity index (χ3n) is 2.83. The minimum absolute atomic E-state index is 0.0563. The lowest BCUT2D eigenvalue weighted by Crippen LogP contribution is -2.35. The third kappa shape index (κ3) is 4.10. The van der Waals surface area contributed by atoms with Gasteiger partial charge >= 0.3 is 0 Å². The molecule has 0 saturated carbocycles. The highest BCUT2D eigenvalue weighted by molar-refractivity contribution is 4.81. The Morgan fingerprint density at radius 1 is 1.00 bits per heavy atom. The molecule has 0 aromatic heterocycles. The van der Waals surface area contributed by atoms with E-state index < -0.39 is 0 Å². The molecule has 0 aliphatic rings. The van der Waals surface area contributed by atoms with Crippen LogP contribution in [0.1, 0.15) is 41.0 Å². The predicted molar refractivity (Wildman–Crippen MR) is 55.5 cm³/mol. The SMILES string of the molecule is CC(CC(C)(C)C)C(C)(CO)CO. The number of aliphatic hydroxyl groups excluding tert-OH is 2. The van der Waals surface area contributed by atoms with Crippen LogP contribution in [0.3, 0.4) is 0 Å². The summed E-state index contributed by atoms with van der Waals surface area (Å²) in [6.45, 7) is 10.7. The Kier molecular flexibility index (Phi) is 4.40. The van der Waals surface area contributed by atoms with Crippen LogP contribution < -0.4 is 0 Å². The maximum atomic E-state index is 9.19. The first-order valence-electron chi connectivity index (χ1n) is 4.97. The molecule has 80 valence electrons. The molecular formula is C11H24O2. The zero-order valence-electron chi connectivity index (χ0n) is 9.59. The topological polar surface area (TPSA) is 40.5 Å². The lowest BCUT2D eigenvalue weighted by molar-refractivity contribution is 0.0110. The van der Waals surface area contributed by atoms with E-state index >= 15 is 0 Å². The minimum Gasteiger partial charge on any atom is -0.396 e. The van der Waals surface area contributed by atoms with Crippen molar-refractivity contribution in [2.75, 3.05) is 13.2 Å². The first kappa shape index (κ1) is 12.9. The van der Waals surface area contributed by atoms with Gasteiger partial charge < -0.3 is 10.2 Å². The summed E-state index contributed by atoms with van der Waals surface area (Å²) >= 11 is 0. The summed E-state index contributed by atoms with van der Waals surface area (Å²) in [5.74, 6) is 0.336. The van der Waals surface area contributed by atoms with Crippen molar-refractivity contribution in [1.82, 2.24) is 0 Å². The van der Waals surface area contributed by atoms with Crippen LogP contribution in [0.25, 0.3) is 0 Å². The maximum Gasteiger partial charge on any atom is 0.0509 e. The van der Waals surface area contributed by atoms with Crippen molar-refractivity contribution >= 4 is 0 Å². The van der Waals surface area contributed by atoms with E-state index in [4.69, 9.17) is 0 Å². The Morgan fingerprint density at radius 3 is 1.62 bits per heavy atom. The van der Waals surface area contributed by atoms with E-state index in [0.717, 1.165) is 6.42 Å². The van der Waals surface area contributed by atoms with Crippen molar-refractivity contribution in [3.05, 3.63) is 0 Å². The molecule has 2 N–H and O–H groups in total. The van der Waals surface area contributed by atoms with Crippen molar-refractivity contribution in [2.24, 2.45) is 16.7 Å². The molecule has 0 heterocycles. The van der Waals surface area contributed by atoms with Gasteiger partial charge in [-0.15, -0.1) is 0 Å². The monoisotopic (exact) mass is 188 g/mol. The van der Waals surface area contributed by atoms with Gasteiger partial charge in [-0.3, -0.25) is 0 Å². The van der Waals surface area contributed by atoms with Crippen molar-refractivity contribution < 1.29 is 10.2 Å². The fraction of sp³-hybridized carbons (Fsp3) is 1.00. The molecule has 0 aromatic carbocycles. The number of aliphatic hydroxyl groups is 2. The molecule has 0 amide bonds. The Bertz CT molecular complexity index is 143. The van der Waals surface area contributed by atoms with Crippen LogP contribution in [-0.2, 0) is 0 Å². The average molecular weight is 188 g/mol. The molecule has 13 heavy (non-hydrogen) atoms. The smallest absolute Gasteiger partial charge is 0.0509 e. The molecule has 0 spiro atoms. The molecule has 2 heteroatoms. The molecule has 0 aliphatic heterocycles. The summed E-state index contributed by atoms with van der Waals surface area (Å²) in [5.41, 5.74) is -0.0850. The molecule has 0 aliphatic carbocycles. The van der Waals surface area contributed by atoms with Crippen molar-refractivity contribution in [3.63, 3.8) is 0 Å². The van der Waals surface area contributed by atoms with E-state index in [2.05, 4.69) is 27.7 Å². The van der Waals surface area contributed by atoms with Crippen molar-refractivity contribution in [1.29, 1.82) is 0 Å². The molecule has 0 rings (SSSR count). The van der Waals surface area contributed by atoms with Gasteiger partial charge in [0.15, 0.2) is 0 Å². The standard InChI is InChI=1S/C11H24O2/c1-9(6-10(2,3)4)11(5,7-12)8-13/h9,12-13H,6-8H2,1-5H3. The molecule has 1 unspecified atom stereocenters. The Labute approximate surface area is 82.0 Å². The lowest BCUT2D eigenvalue weighted by atomic mass is 9.72. The molecule has 0 fully saturated rings. The Morgan fingerprint density at radius 2 is 1.38 bits per heavy atom. The molecule has 2 nitrogen and oxygen atoms in total. The van der Waals surface area contributed by atoms with Crippen LogP contribution in [-0.4, -0.2) is 23.4 Å². The Hall–Kier alpha value is -0.0800. The number of rotatable bonds is 4. The Balaban J connectivity index is 4.31. The van der Waals surface area contributed by atoms with E-state index in [1.165, 1.54) is 0 Å². The summed E-state index contributed by atoms with van der Waals surface area (Å²) < 4.78 is 0. The van der Waals surface area contributed by atoms with E-state index in [9.17, 15) is 10.2 Å². The van der Waals surface area contributed by atoms with Gasteiger partial charge in [-0.1, -0.05) is 34.6 Å². The molecular weight excluding hydrogens is 164 g/mol. The lowest BCUT2D eigenvalue weighted by Gasteiger charge is -2.36. The van der Waals surface area contributed by atoms with Gasteiger partial charge in [-0.05, 0) is 17.8 Å². The summed E-state index contributed by atoms with van der Waals surface area (Å²) in [4.78, 5) is 0. The summed E-state index contributed by atoms with van der Waals surface area (Å²) in [6.07, 6.45) is 1.02. The summed E-state index contributed by atoms with van der Waals surface area (Å²) in [7, 11) is 0. The second-order valence-electron chi connectivity index (χ2n) is 5.64. The fourth-order valence-corrected chi connectivity index (χ4v) is 1.53. The van der Waals surface area contributed by atoms with E-state index in [1.807, 2.05) is 6.92 Å². The summed E-state index contributed by atoms with van der Waals surface area (Å²) in [6, 6.07) is 0. The highest BCUT2D eigenvalue weighted by Crippen LogP contribution is 2.35. The van der Waals surface area contributed by atoms with Gasteiger partial charge in [-0.2, -0.15) is 0 Å². The number of hydrogen-bond acceptors (Lipinski definition) is 2. The van der Waals surface area contributed by atoms with Gasteiger partial charge in [0, 0.05) is 5.41 Å². The second kappa shape index (κ2) is 4.43. The van der Waals surface area contributed by atoms with Gasteiger partial charge in [0.05, 0.1) is 13.2 Å². The zero-order chi connectivity index (χ0) is 10.7. The molecule has 0 radical (unpaired) electrons. The van der Waals surface area contributed by atoms with Gasteiger partial charge in [-0.25, -0.2) is 0 Å². The van der Waals surface area contributed by atoms with Crippen LogP contribution >= 0.6 is 0 Å². The first-order chi connectivity index (χ1) is 5.75. The maximum absolute atomic E-state index is 9.19. The van der Waals surface area contributed by atoms with Crippen LogP contribution in [0.4, 0.5) is 0 Å². The molecule has 0 aromatic rings. The highest BCUT2D eigenvalue weighted by Gasteiger charge is 2.32. The highest BCUT2D eigenvalue weighted by atomic mass is 16.3. The van der Waals surface area contributed by atoms with Crippen molar-refractivity contribution in [2.45, 2.75) is 41.0 Å². The van der Waals surface area contributed by atoms with E-state index in [0.29, 0.717) is 5.92 Å². The predicted octanol–water partition coefficient (Wildman–Crippen LogP) is 2.05. The fourth-order valence-electron chi connectivity index (χ4n) is 1.53. The molecule has 0 bridgehead atoms. The van der Waals surface area contributed by atoms with Crippen LogP contribution in [0.5, 0.6) is 0 Å². The largest absolute Gasteiger partial charge is 0.396 e. The van der Waals surface area contributed by atoms with E-state index in [-0.39, 0.29) is 24.0 Å². The van der Waals surface area contributed by atoms with Crippen LogP contribution in [0.15, 0.2) is 0 Å². The average Bonchev–Trinajstić information content (AvgIpc) is 2.00. The van der Waals surface area contributed by atoms with Gasteiger partial charge in [0.25, 0.3) is 0 Å². The van der Waals surface area contributed by atoms with Gasteiger partial charge in [0.1, 0.15) is 0 Å². The molecule has 1 atom stereocenters. The first-order valence-corrected chi connectivity index (χ1v) is 4.97. The van der Waals surface area contributed by atoms with Gasteiger partial charge in [0.2, 0.25) is 0 Å². The third-order valence-corrected chi connectivity index (χ3v) is 2.83.